The van der Waals surface area contributed by atoms with E-state index in [1.165, 1.54) is 18.7 Å². The molecule has 0 N–H and O–H groups in total. The number of para-hydroxylation sites is 2. The van der Waals surface area contributed by atoms with E-state index in [4.69, 9.17) is 4.42 Å². The van der Waals surface area contributed by atoms with Gasteiger partial charge in [-0.1, -0.05) is 36.4 Å². The van der Waals surface area contributed by atoms with Gasteiger partial charge in [0.25, 0.3) is 11.8 Å². The summed E-state index contributed by atoms with van der Waals surface area (Å²) in [6.45, 7) is 2.79. The van der Waals surface area contributed by atoms with Crippen LogP contribution in [-0.4, -0.2) is 30.0 Å². The topological polar surface area (TPSA) is 87.9 Å². The lowest BCUT2D eigenvalue weighted by Gasteiger charge is -2.14. The molecule has 0 bridgehead atoms. The van der Waals surface area contributed by atoms with Crippen molar-refractivity contribution in [2.45, 2.75) is 13.8 Å². The number of carbonyl (C=O) groups is 4. The number of benzene rings is 2. The van der Waals surface area contributed by atoms with Crippen molar-refractivity contribution in [3.63, 3.8) is 0 Å². The van der Waals surface area contributed by atoms with Gasteiger partial charge >= 0.3 is 0 Å². The average molecular weight is 452 g/mol. The predicted octanol–water partition coefficient (Wildman–Crippen LogP) is 4.19. The quantitative estimate of drug-likeness (QED) is 0.554. The molecule has 5 rings (SSSR count). The third-order valence-electron chi connectivity index (χ3n) is 5.75. The van der Waals surface area contributed by atoms with Gasteiger partial charge in [0.1, 0.15) is 17.3 Å². The minimum Gasteiger partial charge on any atom is -0.457 e. The lowest BCUT2D eigenvalue weighted by molar-refractivity contribution is -0.122. The molecule has 1 aromatic heterocycles. The van der Waals surface area contributed by atoms with Gasteiger partial charge in [0.05, 0.1) is 29.1 Å². The number of amides is 3. The molecule has 7 heteroatoms. The lowest BCUT2D eigenvalue weighted by atomic mass is 10.1. The van der Waals surface area contributed by atoms with Crippen LogP contribution >= 0.6 is 0 Å². The summed E-state index contributed by atoms with van der Waals surface area (Å²) in [5, 5.41) is 0. The summed E-state index contributed by atoms with van der Waals surface area (Å²) in [7, 11) is 0. The Balaban J connectivity index is 1.50. The molecule has 3 heterocycles. The van der Waals surface area contributed by atoms with Crippen LogP contribution in [0.15, 0.2) is 65.1 Å². The summed E-state index contributed by atoms with van der Waals surface area (Å²) in [5.41, 5.74) is 3.38. The first-order valence-electron chi connectivity index (χ1n) is 10.7. The van der Waals surface area contributed by atoms with Crippen molar-refractivity contribution >= 4 is 58.2 Å². The zero-order chi connectivity index (χ0) is 24.0. The van der Waals surface area contributed by atoms with Crippen molar-refractivity contribution in [3.05, 3.63) is 83.3 Å². The molecule has 2 aromatic carbocycles. The minimum atomic E-state index is -0.412. The Bertz CT molecular complexity index is 1440. The standard InChI is InChI=1S/C27H20N2O5/c1-16(30)15-28-24-9-5-3-7-20(24)22(26(28)32)13-18-11-12-19(34-18)14-23-21-8-4-6-10-25(21)29(17(2)31)27(23)33/h3-14H,15H2,1-2H3/b22-13+,23-14-. The molecule has 0 aliphatic carbocycles. The Hall–Kier alpha value is -4.52. The van der Waals surface area contributed by atoms with Gasteiger partial charge in [-0.2, -0.15) is 0 Å². The molecule has 7 nitrogen and oxygen atoms in total. The number of Topliss-reactive ketones (excluding diaryl/α,β-unsaturated/α-hetero) is 1. The van der Waals surface area contributed by atoms with E-state index in [1.807, 2.05) is 18.2 Å². The number of rotatable bonds is 4. The second-order valence-corrected chi connectivity index (χ2v) is 8.14. The second-order valence-electron chi connectivity index (χ2n) is 8.14. The van der Waals surface area contributed by atoms with Crippen LogP contribution in [0.3, 0.4) is 0 Å². The molecule has 0 unspecified atom stereocenters. The summed E-state index contributed by atoms with van der Waals surface area (Å²) >= 11 is 0. The number of carbonyl (C=O) groups excluding carboxylic acids is 4. The van der Waals surface area contributed by atoms with Gasteiger partial charge in [0, 0.05) is 18.1 Å². The van der Waals surface area contributed by atoms with Crippen molar-refractivity contribution < 1.29 is 23.6 Å². The molecule has 2 aliphatic rings. The Morgan fingerprint density at radius 3 is 1.88 bits per heavy atom. The van der Waals surface area contributed by atoms with E-state index in [9.17, 15) is 19.2 Å². The van der Waals surface area contributed by atoms with E-state index >= 15 is 0 Å². The van der Waals surface area contributed by atoms with Crippen LogP contribution in [-0.2, 0) is 19.2 Å². The molecular weight excluding hydrogens is 432 g/mol. The molecular formula is C27H20N2O5. The van der Waals surface area contributed by atoms with Crippen LogP contribution in [0.4, 0.5) is 11.4 Å². The molecule has 0 fully saturated rings. The SMILES string of the molecule is CC(=O)CN1C(=O)/C(=C/c2ccc(/C=C3\C(=O)N(C(C)=O)c4ccccc43)o2)c2ccccc21. The molecule has 3 amide bonds. The van der Waals surface area contributed by atoms with Gasteiger partial charge in [0.2, 0.25) is 5.91 Å². The van der Waals surface area contributed by atoms with Crippen molar-refractivity contribution in [1.29, 1.82) is 0 Å². The van der Waals surface area contributed by atoms with Crippen LogP contribution in [0.5, 0.6) is 0 Å². The van der Waals surface area contributed by atoms with Gasteiger partial charge in [-0.3, -0.25) is 19.2 Å². The molecule has 0 spiro atoms. The first-order chi connectivity index (χ1) is 16.3. The first-order valence-corrected chi connectivity index (χ1v) is 10.7. The fourth-order valence-electron chi connectivity index (χ4n) is 4.33. The molecule has 168 valence electrons. The number of nitrogens with zero attached hydrogens (tertiary/aromatic N) is 2. The lowest BCUT2D eigenvalue weighted by Crippen LogP contribution is -2.31. The smallest absolute Gasteiger partial charge is 0.265 e. The van der Waals surface area contributed by atoms with Crippen LogP contribution in [0, 0.1) is 0 Å². The molecule has 0 atom stereocenters. The highest BCUT2D eigenvalue weighted by atomic mass is 16.3. The van der Waals surface area contributed by atoms with Crippen LogP contribution < -0.4 is 9.80 Å². The summed E-state index contributed by atoms with van der Waals surface area (Å²) in [6.07, 6.45) is 3.23. The van der Waals surface area contributed by atoms with E-state index in [-0.39, 0.29) is 24.1 Å². The highest BCUT2D eigenvalue weighted by Gasteiger charge is 2.35. The van der Waals surface area contributed by atoms with E-state index < -0.39 is 5.91 Å². The first kappa shape index (κ1) is 21.3. The maximum atomic E-state index is 13.0. The summed E-state index contributed by atoms with van der Waals surface area (Å²) in [4.78, 5) is 52.2. The van der Waals surface area contributed by atoms with Gasteiger partial charge < -0.3 is 9.32 Å². The number of hydrogen-bond donors (Lipinski definition) is 0. The summed E-state index contributed by atoms with van der Waals surface area (Å²) in [5.74, 6) is -0.322. The van der Waals surface area contributed by atoms with Crippen molar-refractivity contribution in [3.8, 4) is 0 Å². The second kappa shape index (κ2) is 8.12. The maximum absolute atomic E-state index is 13.0. The number of hydrogen-bond acceptors (Lipinski definition) is 5. The van der Waals surface area contributed by atoms with E-state index in [0.29, 0.717) is 39.6 Å². The Labute approximate surface area is 195 Å². The van der Waals surface area contributed by atoms with Crippen molar-refractivity contribution in [2.24, 2.45) is 0 Å². The molecule has 0 saturated carbocycles. The summed E-state index contributed by atoms with van der Waals surface area (Å²) in [6, 6.07) is 17.8. The fraction of sp³-hybridized carbons (Fsp3) is 0.111. The Morgan fingerprint density at radius 2 is 1.29 bits per heavy atom. The van der Waals surface area contributed by atoms with Crippen LogP contribution in [0.25, 0.3) is 23.3 Å². The zero-order valence-corrected chi connectivity index (χ0v) is 18.6. The number of ketones is 1. The number of imide groups is 1. The highest BCUT2D eigenvalue weighted by Crippen LogP contribution is 2.39. The third-order valence-corrected chi connectivity index (χ3v) is 5.75. The number of anilines is 2. The Kier molecular flexibility index (Phi) is 5.09. The average Bonchev–Trinajstić information content (AvgIpc) is 3.44. The molecule has 0 saturated heterocycles. The normalized spacial score (nSPS) is 17.0. The zero-order valence-electron chi connectivity index (χ0n) is 18.6. The fourth-order valence-corrected chi connectivity index (χ4v) is 4.33. The van der Waals surface area contributed by atoms with Crippen molar-refractivity contribution in [1.82, 2.24) is 0 Å². The van der Waals surface area contributed by atoms with E-state index in [2.05, 4.69) is 0 Å². The van der Waals surface area contributed by atoms with Gasteiger partial charge in [-0.25, -0.2) is 4.90 Å². The van der Waals surface area contributed by atoms with Gasteiger partial charge in [-0.15, -0.1) is 0 Å². The van der Waals surface area contributed by atoms with E-state index in [1.54, 1.807) is 54.6 Å². The minimum absolute atomic E-state index is 0.00312. The highest BCUT2D eigenvalue weighted by molar-refractivity contribution is 6.42. The van der Waals surface area contributed by atoms with Gasteiger partial charge in [-0.05, 0) is 43.3 Å². The monoisotopic (exact) mass is 452 g/mol. The Morgan fingerprint density at radius 1 is 0.765 bits per heavy atom. The predicted molar refractivity (Wildman–Crippen MR) is 129 cm³/mol. The molecule has 2 aliphatic heterocycles. The van der Waals surface area contributed by atoms with Crippen LogP contribution in [0.2, 0.25) is 0 Å². The number of furan rings is 1. The van der Waals surface area contributed by atoms with E-state index in [0.717, 1.165) is 10.5 Å². The maximum Gasteiger partial charge on any atom is 0.265 e. The number of fused-ring (bicyclic) bond motifs is 2. The van der Waals surface area contributed by atoms with Crippen LogP contribution in [0.1, 0.15) is 36.5 Å². The third kappa shape index (κ3) is 3.47. The molecule has 34 heavy (non-hydrogen) atoms. The van der Waals surface area contributed by atoms with Gasteiger partial charge in [0.15, 0.2) is 0 Å². The largest absolute Gasteiger partial charge is 0.457 e. The molecule has 0 radical (unpaired) electrons. The van der Waals surface area contributed by atoms with Crippen molar-refractivity contribution in [2.75, 3.05) is 16.3 Å². The molecule has 3 aromatic rings. The summed E-state index contributed by atoms with van der Waals surface area (Å²) < 4.78 is 5.90.